The molecule has 132 valence electrons. The smallest absolute Gasteiger partial charge is 0.269 e. The molecule has 0 radical (unpaired) electrons. The van der Waals surface area contributed by atoms with E-state index < -0.39 is 9.85 Å². The zero-order chi connectivity index (χ0) is 18.1. The highest BCUT2D eigenvalue weighted by atomic mass is 16.6. The highest BCUT2D eigenvalue weighted by molar-refractivity contribution is 5.36. The van der Waals surface area contributed by atoms with Gasteiger partial charge in [-0.05, 0) is 43.5 Å². The summed E-state index contributed by atoms with van der Waals surface area (Å²) in [5.41, 5.74) is 0.0754. The van der Waals surface area contributed by atoms with Crippen molar-refractivity contribution in [2.24, 2.45) is 0 Å². The molecule has 2 aromatic carbocycles. The Hall–Kier alpha value is -3.16. The largest absolute Gasteiger partial charge is 0.494 e. The minimum atomic E-state index is -0.450. The first kappa shape index (κ1) is 18.2. The zero-order valence-electron chi connectivity index (χ0n) is 13.5. The Kier molecular flexibility index (Phi) is 6.70. The molecule has 0 heterocycles. The average Bonchev–Trinajstić information content (AvgIpc) is 2.61. The standard InChI is InChI=1S/C17H18N2O6/c20-18(21)14-4-8-16(9-5-14)24-12-2-1-3-13-25-17-10-6-15(7-11-17)19(22)23/h4-11H,1-3,12-13H2. The van der Waals surface area contributed by atoms with E-state index in [1.807, 2.05) is 0 Å². The van der Waals surface area contributed by atoms with Crippen molar-refractivity contribution in [3.05, 3.63) is 68.8 Å². The molecule has 0 bridgehead atoms. The number of non-ortho nitro benzene ring substituents is 2. The van der Waals surface area contributed by atoms with Crippen molar-refractivity contribution < 1.29 is 19.3 Å². The summed E-state index contributed by atoms with van der Waals surface area (Å²) in [5, 5.41) is 21.1. The number of hydrogen-bond donors (Lipinski definition) is 0. The fraction of sp³-hybridized carbons (Fsp3) is 0.294. The van der Waals surface area contributed by atoms with Crippen LogP contribution >= 0.6 is 0 Å². The molecule has 2 rings (SSSR count). The molecule has 2 aromatic rings. The third-order valence-electron chi connectivity index (χ3n) is 3.42. The minimum absolute atomic E-state index is 0.0377. The third kappa shape index (κ3) is 6.09. The van der Waals surface area contributed by atoms with Crippen LogP contribution in [0.25, 0.3) is 0 Å². The monoisotopic (exact) mass is 346 g/mol. The number of unbranched alkanes of at least 4 members (excludes halogenated alkanes) is 2. The Morgan fingerprint density at radius 3 is 1.32 bits per heavy atom. The van der Waals surface area contributed by atoms with Crippen molar-refractivity contribution in [3.8, 4) is 11.5 Å². The Morgan fingerprint density at radius 1 is 0.640 bits per heavy atom. The number of rotatable bonds is 10. The van der Waals surface area contributed by atoms with Gasteiger partial charge in [-0.15, -0.1) is 0 Å². The summed E-state index contributed by atoms with van der Waals surface area (Å²) in [6, 6.07) is 12.0. The molecular formula is C17H18N2O6. The molecule has 0 aromatic heterocycles. The molecule has 0 spiro atoms. The Balaban J connectivity index is 1.57. The van der Waals surface area contributed by atoms with E-state index in [-0.39, 0.29) is 11.4 Å². The summed E-state index contributed by atoms with van der Waals surface area (Å²) >= 11 is 0. The summed E-state index contributed by atoms with van der Waals surface area (Å²) in [5.74, 6) is 1.21. The predicted molar refractivity (Wildman–Crippen MR) is 91.0 cm³/mol. The van der Waals surface area contributed by atoms with Gasteiger partial charge in [-0.1, -0.05) is 0 Å². The minimum Gasteiger partial charge on any atom is -0.494 e. The van der Waals surface area contributed by atoms with Crippen LogP contribution in [0.3, 0.4) is 0 Å². The Bertz CT molecular complexity index is 639. The van der Waals surface area contributed by atoms with Crippen molar-refractivity contribution in [2.45, 2.75) is 19.3 Å². The molecule has 25 heavy (non-hydrogen) atoms. The van der Waals surface area contributed by atoms with Crippen LogP contribution in [0.2, 0.25) is 0 Å². The first-order chi connectivity index (χ1) is 12.1. The van der Waals surface area contributed by atoms with Crippen LogP contribution in [-0.4, -0.2) is 23.1 Å². The maximum absolute atomic E-state index is 10.5. The van der Waals surface area contributed by atoms with Crippen molar-refractivity contribution in [1.82, 2.24) is 0 Å². The fourth-order valence-corrected chi connectivity index (χ4v) is 2.09. The predicted octanol–water partition coefficient (Wildman–Crippen LogP) is 4.13. The fourth-order valence-electron chi connectivity index (χ4n) is 2.09. The lowest BCUT2D eigenvalue weighted by molar-refractivity contribution is -0.385. The van der Waals surface area contributed by atoms with Crippen molar-refractivity contribution in [3.63, 3.8) is 0 Å². The second-order valence-corrected chi connectivity index (χ2v) is 5.26. The van der Waals surface area contributed by atoms with Gasteiger partial charge in [0.15, 0.2) is 0 Å². The number of ether oxygens (including phenoxy) is 2. The van der Waals surface area contributed by atoms with E-state index in [1.165, 1.54) is 24.3 Å². The number of nitro benzene ring substituents is 2. The lowest BCUT2D eigenvalue weighted by atomic mass is 10.2. The summed E-state index contributed by atoms with van der Waals surface area (Å²) < 4.78 is 11.0. The van der Waals surface area contributed by atoms with Crippen LogP contribution in [0.5, 0.6) is 11.5 Å². The Morgan fingerprint density at radius 2 is 1.00 bits per heavy atom. The number of nitro groups is 2. The molecule has 8 nitrogen and oxygen atoms in total. The van der Waals surface area contributed by atoms with Crippen LogP contribution < -0.4 is 9.47 Å². The van der Waals surface area contributed by atoms with Crippen LogP contribution in [0, 0.1) is 20.2 Å². The molecule has 0 N–H and O–H groups in total. The molecule has 0 fully saturated rings. The van der Waals surface area contributed by atoms with Crippen LogP contribution in [0.4, 0.5) is 11.4 Å². The van der Waals surface area contributed by atoms with Gasteiger partial charge >= 0.3 is 0 Å². The molecule has 0 aliphatic carbocycles. The lowest BCUT2D eigenvalue weighted by Crippen LogP contribution is -2.01. The van der Waals surface area contributed by atoms with E-state index in [1.54, 1.807) is 24.3 Å². The zero-order valence-corrected chi connectivity index (χ0v) is 13.5. The van der Waals surface area contributed by atoms with E-state index in [0.717, 1.165) is 19.3 Å². The van der Waals surface area contributed by atoms with Gasteiger partial charge in [0.1, 0.15) is 11.5 Å². The van der Waals surface area contributed by atoms with Gasteiger partial charge in [0.2, 0.25) is 0 Å². The van der Waals surface area contributed by atoms with Gasteiger partial charge in [0.25, 0.3) is 11.4 Å². The SMILES string of the molecule is O=[N+]([O-])c1ccc(OCCCCCOc2ccc([N+](=O)[O-])cc2)cc1. The molecule has 0 atom stereocenters. The van der Waals surface area contributed by atoms with E-state index in [9.17, 15) is 20.2 Å². The Labute approximate surface area is 144 Å². The quantitative estimate of drug-likeness (QED) is 0.364. The maximum atomic E-state index is 10.5. The van der Waals surface area contributed by atoms with Gasteiger partial charge in [-0.2, -0.15) is 0 Å². The number of benzene rings is 2. The molecule has 0 saturated heterocycles. The van der Waals surface area contributed by atoms with E-state index in [0.29, 0.717) is 24.7 Å². The van der Waals surface area contributed by atoms with Crippen LogP contribution in [-0.2, 0) is 0 Å². The highest BCUT2D eigenvalue weighted by Crippen LogP contribution is 2.18. The van der Waals surface area contributed by atoms with Gasteiger partial charge in [-0.3, -0.25) is 20.2 Å². The van der Waals surface area contributed by atoms with Gasteiger partial charge in [-0.25, -0.2) is 0 Å². The molecule has 0 unspecified atom stereocenters. The molecule has 0 saturated carbocycles. The number of nitrogens with zero attached hydrogens (tertiary/aromatic N) is 2. The number of hydrogen-bond acceptors (Lipinski definition) is 6. The third-order valence-corrected chi connectivity index (χ3v) is 3.42. The molecule has 0 amide bonds. The summed E-state index contributed by atoms with van der Waals surface area (Å²) in [6.45, 7) is 1.05. The first-order valence-electron chi connectivity index (χ1n) is 7.81. The molecular weight excluding hydrogens is 328 g/mol. The summed E-state index contributed by atoms with van der Waals surface area (Å²) in [4.78, 5) is 20.2. The van der Waals surface area contributed by atoms with Crippen molar-refractivity contribution in [1.29, 1.82) is 0 Å². The second-order valence-electron chi connectivity index (χ2n) is 5.26. The van der Waals surface area contributed by atoms with Gasteiger partial charge in [0.05, 0.1) is 23.1 Å². The van der Waals surface area contributed by atoms with E-state index in [2.05, 4.69) is 0 Å². The van der Waals surface area contributed by atoms with Crippen LogP contribution in [0.15, 0.2) is 48.5 Å². The highest BCUT2D eigenvalue weighted by Gasteiger charge is 2.05. The normalized spacial score (nSPS) is 10.2. The van der Waals surface area contributed by atoms with Gasteiger partial charge in [0, 0.05) is 24.3 Å². The van der Waals surface area contributed by atoms with Crippen LogP contribution in [0.1, 0.15) is 19.3 Å². The summed E-state index contributed by atoms with van der Waals surface area (Å²) in [7, 11) is 0. The molecule has 0 aliphatic heterocycles. The van der Waals surface area contributed by atoms with E-state index in [4.69, 9.17) is 9.47 Å². The lowest BCUT2D eigenvalue weighted by Gasteiger charge is -2.07. The molecule has 8 heteroatoms. The average molecular weight is 346 g/mol. The van der Waals surface area contributed by atoms with Crippen molar-refractivity contribution in [2.75, 3.05) is 13.2 Å². The van der Waals surface area contributed by atoms with Gasteiger partial charge < -0.3 is 9.47 Å². The maximum Gasteiger partial charge on any atom is 0.269 e. The first-order valence-corrected chi connectivity index (χ1v) is 7.81. The molecule has 0 aliphatic rings. The van der Waals surface area contributed by atoms with E-state index >= 15 is 0 Å². The topological polar surface area (TPSA) is 105 Å². The summed E-state index contributed by atoms with van der Waals surface area (Å²) in [6.07, 6.45) is 2.57. The van der Waals surface area contributed by atoms with Crippen molar-refractivity contribution >= 4 is 11.4 Å². The second kappa shape index (κ2) is 9.21.